The van der Waals surface area contributed by atoms with Crippen LogP contribution in [0.4, 0.5) is 0 Å². The van der Waals surface area contributed by atoms with E-state index in [9.17, 15) is 9.59 Å². The highest BCUT2D eigenvalue weighted by Gasteiger charge is 2.13. The van der Waals surface area contributed by atoms with Crippen LogP contribution in [0.2, 0.25) is 0 Å². The van der Waals surface area contributed by atoms with Crippen LogP contribution in [-0.4, -0.2) is 25.5 Å². The number of hydrazine groups is 1. The number of nitrogens with one attached hydrogen (secondary N) is 2. The molecule has 0 spiro atoms. The molecule has 6 heteroatoms. The molecular formula is C21H26N2O4. The van der Waals surface area contributed by atoms with Crippen molar-refractivity contribution in [2.75, 3.05) is 13.7 Å². The Morgan fingerprint density at radius 2 is 1.56 bits per heavy atom. The molecule has 2 aromatic carbocycles. The van der Waals surface area contributed by atoms with E-state index in [0.717, 1.165) is 11.3 Å². The number of ether oxygens (including phenoxy) is 2. The lowest BCUT2D eigenvalue weighted by atomic mass is 9.87. The van der Waals surface area contributed by atoms with Crippen molar-refractivity contribution >= 4 is 11.8 Å². The SMILES string of the molecule is COCC(=O)NNC(=O)c1ccc(COc2ccc(C(C)(C)C)cc2)cc1. The van der Waals surface area contributed by atoms with Gasteiger partial charge in [0.1, 0.15) is 19.0 Å². The number of methoxy groups -OCH3 is 1. The van der Waals surface area contributed by atoms with Crippen LogP contribution in [0.5, 0.6) is 5.75 Å². The fourth-order valence-electron chi connectivity index (χ4n) is 2.34. The van der Waals surface area contributed by atoms with Crippen LogP contribution in [0.3, 0.4) is 0 Å². The monoisotopic (exact) mass is 370 g/mol. The molecule has 27 heavy (non-hydrogen) atoms. The van der Waals surface area contributed by atoms with Gasteiger partial charge in [0, 0.05) is 12.7 Å². The second kappa shape index (κ2) is 9.19. The summed E-state index contributed by atoms with van der Waals surface area (Å²) >= 11 is 0. The number of rotatable bonds is 6. The summed E-state index contributed by atoms with van der Waals surface area (Å²) in [4.78, 5) is 23.2. The Kier molecular flexibility index (Phi) is 6.96. The van der Waals surface area contributed by atoms with Gasteiger partial charge >= 0.3 is 0 Å². The molecule has 0 fully saturated rings. The molecule has 0 saturated carbocycles. The Hall–Kier alpha value is -2.86. The van der Waals surface area contributed by atoms with Gasteiger partial charge in [-0.3, -0.25) is 20.4 Å². The van der Waals surface area contributed by atoms with Gasteiger partial charge in [0.15, 0.2) is 0 Å². The van der Waals surface area contributed by atoms with Crippen LogP contribution >= 0.6 is 0 Å². The molecule has 0 bridgehead atoms. The van der Waals surface area contributed by atoms with Crippen LogP contribution in [0.25, 0.3) is 0 Å². The number of carbonyl (C=O) groups excluding carboxylic acids is 2. The maximum atomic E-state index is 12.0. The number of carbonyl (C=O) groups is 2. The molecule has 2 amide bonds. The Bertz CT molecular complexity index is 762. The smallest absolute Gasteiger partial charge is 0.269 e. The van der Waals surface area contributed by atoms with Crippen LogP contribution in [-0.2, 0) is 21.6 Å². The summed E-state index contributed by atoms with van der Waals surface area (Å²) in [5.41, 5.74) is 7.34. The van der Waals surface area contributed by atoms with Gasteiger partial charge in [-0.1, -0.05) is 45.0 Å². The van der Waals surface area contributed by atoms with Crippen LogP contribution in [0, 0.1) is 0 Å². The Labute approximate surface area is 159 Å². The molecular weight excluding hydrogens is 344 g/mol. The average Bonchev–Trinajstić information content (AvgIpc) is 2.65. The minimum Gasteiger partial charge on any atom is -0.489 e. The van der Waals surface area contributed by atoms with Gasteiger partial charge in [0.2, 0.25) is 0 Å². The van der Waals surface area contributed by atoms with Gasteiger partial charge < -0.3 is 9.47 Å². The molecule has 0 saturated heterocycles. The standard InChI is InChI=1S/C21H26N2O4/c1-21(2,3)17-9-11-18(12-10-17)27-13-15-5-7-16(8-6-15)20(25)23-22-19(24)14-26-4/h5-12H,13-14H2,1-4H3,(H,22,24)(H,23,25). The first kappa shape index (κ1) is 20.5. The van der Waals surface area contributed by atoms with E-state index in [1.807, 2.05) is 24.3 Å². The van der Waals surface area contributed by atoms with Crippen molar-refractivity contribution in [2.45, 2.75) is 32.8 Å². The summed E-state index contributed by atoms with van der Waals surface area (Å²) in [7, 11) is 1.40. The summed E-state index contributed by atoms with van der Waals surface area (Å²) in [6, 6.07) is 15.1. The van der Waals surface area contributed by atoms with Crippen molar-refractivity contribution in [2.24, 2.45) is 0 Å². The number of hydrogen-bond acceptors (Lipinski definition) is 4. The highest BCUT2D eigenvalue weighted by molar-refractivity contribution is 5.95. The molecule has 0 aromatic heterocycles. The second-order valence-electron chi connectivity index (χ2n) is 7.20. The summed E-state index contributed by atoms with van der Waals surface area (Å²) in [6.07, 6.45) is 0. The molecule has 144 valence electrons. The van der Waals surface area contributed by atoms with Gasteiger partial charge in [-0.2, -0.15) is 0 Å². The Morgan fingerprint density at radius 1 is 0.926 bits per heavy atom. The van der Waals surface area contributed by atoms with Crippen molar-refractivity contribution in [1.82, 2.24) is 10.9 Å². The van der Waals surface area contributed by atoms with E-state index in [1.54, 1.807) is 12.1 Å². The summed E-state index contributed by atoms with van der Waals surface area (Å²) < 4.78 is 10.5. The molecule has 0 aliphatic rings. The molecule has 0 heterocycles. The van der Waals surface area contributed by atoms with E-state index in [2.05, 4.69) is 48.5 Å². The topological polar surface area (TPSA) is 76.7 Å². The largest absolute Gasteiger partial charge is 0.489 e. The summed E-state index contributed by atoms with van der Waals surface area (Å²) in [6.45, 7) is 6.80. The summed E-state index contributed by atoms with van der Waals surface area (Å²) in [5.74, 6) is -0.0243. The van der Waals surface area contributed by atoms with Gasteiger partial charge in [-0.15, -0.1) is 0 Å². The van der Waals surface area contributed by atoms with Crippen LogP contribution < -0.4 is 15.6 Å². The van der Waals surface area contributed by atoms with E-state index < -0.39 is 11.8 Å². The molecule has 0 aliphatic carbocycles. The zero-order valence-electron chi connectivity index (χ0n) is 16.2. The van der Waals surface area contributed by atoms with Crippen LogP contribution in [0.15, 0.2) is 48.5 Å². The average molecular weight is 370 g/mol. The Morgan fingerprint density at radius 3 is 2.11 bits per heavy atom. The number of benzene rings is 2. The van der Waals surface area contributed by atoms with E-state index in [0.29, 0.717) is 12.2 Å². The van der Waals surface area contributed by atoms with Gasteiger partial charge in [-0.05, 0) is 40.8 Å². The lowest BCUT2D eigenvalue weighted by molar-refractivity contribution is -0.125. The van der Waals surface area contributed by atoms with E-state index >= 15 is 0 Å². The normalized spacial score (nSPS) is 11.0. The Balaban J connectivity index is 1.86. The lowest BCUT2D eigenvalue weighted by Gasteiger charge is -2.19. The molecule has 2 aromatic rings. The predicted molar refractivity (Wildman–Crippen MR) is 103 cm³/mol. The maximum absolute atomic E-state index is 12.0. The van der Waals surface area contributed by atoms with Crippen LogP contribution in [0.1, 0.15) is 42.3 Å². The second-order valence-corrected chi connectivity index (χ2v) is 7.20. The van der Waals surface area contributed by atoms with Crippen molar-refractivity contribution in [1.29, 1.82) is 0 Å². The zero-order valence-corrected chi connectivity index (χ0v) is 16.2. The fraction of sp³-hybridized carbons (Fsp3) is 0.333. The molecule has 0 aliphatic heterocycles. The zero-order chi connectivity index (χ0) is 19.9. The van der Waals surface area contributed by atoms with Gasteiger partial charge in [0.25, 0.3) is 11.8 Å². The quantitative estimate of drug-likeness (QED) is 0.767. The molecule has 6 nitrogen and oxygen atoms in total. The fourth-order valence-corrected chi connectivity index (χ4v) is 2.34. The third-order valence-corrected chi connectivity index (χ3v) is 3.93. The first-order chi connectivity index (χ1) is 12.8. The van der Waals surface area contributed by atoms with Crippen molar-refractivity contribution in [3.63, 3.8) is 0 Å². The molecule has 0 atom stereocenters. The number of amides is 2. The maximum Gasteiger partial charge on any atom is 0.269 e. The van der Waals surface area contributed by atoms with E-state index in [1.165, 1.54) is 12.7 Å². The van der Waals surface area contributed by atoms with Crippen molar-refractivity contribution in [3.8, 4) is 5.75 Å². The first-order valence-electron chi connectivity index (χ1n) is 8.70. The molecule has 2 rings (SSSR count). The third-order valence-electron chi connectivity index (χ3n) is 3.93. The number of hydrogen-bond donors (Lipinski definition) is 2. The van der Waals surface area contributed by atoms with Crippen molar-refractivity contribution in [3.05, 3.63) is 65.2 Å². The first-order valence-corrected chi connectivity index (χ1v) is 8.70. The highest BCUT2D eigenvalue weighted by Crippen LogP contribution is 2.24. The summed E-state index contributed by atoms with van der Waals surface area (Å²) in [5, 5.41) is 0. The minimum atomic E-state index is -0.423. The highest BCUT2D eigenvalue weighted by atomic mass is 16.5. The predicted octanol–water partition coefficient (Wildman–Crippen LogP) is 2.97. The van der Waals surface area contributed by atoms with E-state index in [-0.39, 0.29) is 12.0 Å². The third kappa shape index (κ3) is 6.42. The lowest BCUT2D eigenvalue weighted by Crippen LogP contribution is -2.43. The van der Waals surface area contributed by atoms with E-state index in [4.69, 9.17) is 4.74 Å². The molecule has 0 unspecified atom stereocenters. The minimum absolute atomic E-state index is 0.109. The van der Waals surface area contributed by atoms with Gasteiger partial charge in [0.05, 0.1) is 0 Å². The van der Waals surface area contributed by atoms with Crippen molar-refractivity contribution < 1.29 is 19.1 Å². The molecule has 0 radical (unpaired) electrons. The molecule has 2 N–H and O–H groups in total. The van der Waals surface area contributed by atoms with Gasteiger partial charge in [-0.25, -0.2) is 0 Å².